The fourth-order valence-electron chi connectivity index (χ4n) is 2.88. The van der Waals surface area contributed by atoms with Crippen LogP contribution in [0.15, 0.2) is 60.7 Å². The number of benzene rings is 3. The molecule has 2 atom stereocenters. The number of halogens is 1. The quantitative estimate of drug-likeness (QED) is 0.617. The summed E-state index contributed by atoms with van der Waals surface area (Å²) < 4.78 is 23.5. The number of fused-ring (bicyclic) bond motifs is 1. The number of nitrogens with one attached hydrogen (secondary N) is 1. The van der Waals surface area contributed by atoms with Gasteiger partial charge in [0.15, 0.2) is 6.10 Å². The summed E-state index contributed by atoms with van der Waals surface area (Å²) in [6.07, 6.45) is -0.986. The molecule has 0 saturated carbocycles. The first-order chi connectivity index (χ1) is 13.9. The van der Waals surface area contributed by atoms with Crippen molar-refractivity contribution in [3.8, 4) is 5.75 Å². The highest BCUT2D eigenvalue weighted by atomic mass is 19.1. The summed E-state index contributed by atoms with van der Waals surface area (Å²) in [7, 11) is 1.61. The maximum Gasteiger partial charge on any atom is 0.313 e. The molecule has 0 heterocycles. The Morgan fingerprint density at radius 3 is 2.28 bits per heavy atom. The van der Waals surface area contributed by atoms with Crippen LogP contribution in [0.2, 0.25) is 0 Å². The van der Waals surface area contributed by atoms with Gasteiger partial charge in [-0.15, -0.1) is 0 Å². The SMILES string of the molecule is COc1ccc2cc([C@H](C)C(=O)O[C@H](C)C(=O)Nc3ccc(F)cc3)ccc2c1. The van der Waals surface area contributed by atoms with Gasteiger partial charge in [0, 0.05) is 5.69 Å². The van der Waals surface area contributed by atoms with E-state index in [1.54, 1.807) is 14.0 Å². The number of rotatable bonds is 6. The summed E-state index contributed by atoms with van der Waals surface area (Å²) in [6, 6.07) is 16.8. The molecule has 5 nitrogen and oxygen atoms in total. The highest BCUT2D eigenvalue weighted by molar-refractivity contribution is 5.95. The molecule has 0 fully saturated rings. The van der Waals surface area contributed by atoms with Crippen LogP contribution in [0.1, 0.15) is 25.3 Å². The molecular formula is C23H22FNO4. The van der Waals surface area contributed by atoms with Gasteiger partial charge in [-0.3, -0.25) is 9.59 Å². The average Bonchev–Trinajstić information content (AvgIpc) is 2.73. The summed E-state index contributed by atoms with van der Waals surface area (Å²) in [4.78, 5) is 24.8. The largest absolute Gasteiger partial charge is 0.497 e. The smallest absolute Gasteiger partial charge is 0.313 e. The first-order valence-electron chi connectivity index (χ1n) is 9.22. The van der Waals surface area contributed by atoms with E-state index >= 15 is 0 Å². The fourth-order valence-corrected chi connectivity index (χ4v) is 2.88. The first-order valence-corrected chi connectivity index (χ1v) is 9.22. The molecule has 0 spiro atoms. The molecule has 0 aliphatic rings. The molecule has 0 aliphatic heterocycles. The van der Waals surface area contributed by atoms with Gasteiger partial charge in [0.05, 0.1) is 13.0 Å². The van der Waals surface area contributed by atoms with Crippen molar-refractivity contribution in [1.29, 1.82) is 0 Å². The molecule has 0 bridgehead atoms. The highest BCUT2D eigenvalue weighted by Crippen LogP contribution is 2.26. The van der Waals surface area contributed by atoms with Gasteiger partial charge in [-0.1, -0.05) is 24.3 Å². The molecule has 1 amide bonds. The summed E-state index contributed by atoms with van der Waals surface area (Å²) >= 11 is 0. The Hall–Kier alpha value is -3.41. The van der Waals surface area contributed by atoms with E-state index in [9.17, 15) is 14.0 Å². The van der Waals surface area contributed by atoms with Crippen LogP contribution >= 0.6 is 0 Å². The van der Waals surface area contributed by atoms with Crippen LogP contribution in [-0.2, 0) is 14.3 Å². The molecule has 6 heteroatoms. The van der Waals surface area contributed by atoms with Crippen molar-refractivity contribution in [3.05, 3.63) is 72.0 Å². The number of methoxy groups -OCH3 is 1. The monoisotopic (exact) mass is 395 g/mol. The third-order valence-corrected chi connectivity index (χ3v) is 4.70. The highest BCUT2D eigenvalue weighted by Gasteiger charge is 2.23. The third-order valence-electron chi connectivity index (χ3n) is 4.70. The lowest BCUT2D eigenvalue weighted by Gasteiger charge is -2.17. The Labute approximate surface area is 168 Å². The van der Waals surface area contributed by atoms with E-state index in [2.05, 4.69) is 5.32 Å². The number of ether oxygens (including phenoxy) is 2. The van der Waals surface area contributed by atoms with Crippen molar-refractivity contribution in [2.24, 2.45) is 0 Å². The second-order valence-corrected chi connectivity index (χ2v) is 6.77. The van der Waals surface area contributed by atoms with Crippen LogP contribution in [0.3, 0.4) is 0 Å². The van der Waals surface area contributed by atoms with Crippen molar-refractivity contribution in [2.45, 2.75) is 25.9 Å². The van der Waals surface area contributed by atoms with Crippen molar-refractivity contribution in [3.63, 3.8) is 0 Å². The topological polar surface area (TPSA) is 64.6 Å². The molecule has 0 unspecified atom stereocenters. The zero-order valence-corrected chi connectivity index (χ0v) is 16.4. The summed E-state index contributed by atoms with van der Waals surface area (Å²) in [5.41, 5.74) is 1.22. The minimum absolute atomic E-state index is 0.398. The number of carbonyl (C=O) groups excluding carboxylic acids is 2. The zero-order valence-electron chi connectivity index (χ0n) is 16.4. The second kappa shape index (κ2) is 8.73. The number of carbonyl (C=O) groups is 2. The maximum absolute atomic E-state index is 13.0. The van der Waals surface area contributed by atoms with Gasteiger partial charge in [0.25, 0.3) is 5.91 Å². The van der Waals surface area contributed by atoms with E-state index < -0.39 is 29.7 Å². The van der Waals surface area contributed by atoms with Crippen LogP contribution < -0.4 is 10.1 Å². The summed E-state index contributed by atoms with van der Waals surface area (Å²) in [6.45, 7) is 3.23. The van der Waals surface area contributed by atoms with Gasteiger partial charge < -0.3 is 14.8 Å². The van der Waals surface area contributed by atoms with Crippen molar-refractivity contribution >= 4 is 28.3 Å². The molecule has 3 rings (SSSR count). The van der Waals surface area contributed by atoms with Crippen molar-refractivity contribution in [2.75, 3.05) is 12.4 Å². The van der Waals surface area contributed by atoms with Gasteiger partial charge in [0.1, 0.15) is 11.6 Å². The normalized spacial score (nSPS) is 12.8. The fraction of sp³-hybridized carbons (Fsp3) is 0.217. The molecule has 0 aromatic heterocycles. The average molecular weight is 395 g/mol. The lowest BCUT2D eigenvalue weighted by atomic mass is 9.98. The van der Waals surface area contributed by atoms with E-state index in [1.807, 2.05) is 36.4 Å². The second-order valence-electron chi connectivity index (χ2n) is 6.77. The molecule has 1 N–H and O–H groups in total. The van der Waals surface area contributed by atoms with Crippen LogP contribution in [0.25, 0.3) is 10.8 Å². The summed E-state index contributed by atoms with van der Waals surface area (Å²) in [5.74, 6) is -1.16. The molecular weight excluding hydrogens is 373 g/mol. The minimum Gasteiger partial charge on any atom is -0.497 e. The van der Waals surface area contributed by atoms with E-state index in [-0.39, 0.29) is 0 Å². The van der Waals surface area contributed by atoms with Crippen LogP contribution in [0.4, 0.5) is 10.1 Å². The zero-order chi connectivity index (χ0) is 21.0. The lowest BCUT2D eigenvalue weighted by Crippen LogP contribution is -2.31. The Bertz CT molecular complexity index is 1030. The molecule has 3 aromatic rings. The number of amides is 1. The predicted molar refractivity (Wildman–Crippen MR) is 109 cm³/mol. The third kappa shape index (κ3) is 4.90. The van der Waals surface area contributed by atoms with Gasteiger partial charge >= 0.3 is 5.97 Å². The minimum atomic E-state index is -0.986. The Balaban J connectivity index is 1.65. The number of hydrogen-bond acceptors (Lipinski definition) is 4. The van der Waals surface area contributed by atoms with Crippen molar-refractivity contribution < 1.29 is 23.5 Å². The van der Waals surface area contributed by atoms with Crippen LogP contribution in [0, 0.1) is 5.82 Å². The van der Waals surface area contributed by atoms with Gasteiger partial charge in [-0.25, -0.2) is 4.39 Å². The van der Waals surface area contributed by atoms with Gasteiger partial charge in [-0.05, 0) is 66.6 Å². The Morgan fingerprint density at radius 1 is 0.931 bits per heavy atom. The maximum atomic E-state index is 13.0. The summed E-state index contributed by atoms with van der Waals surface area (Å²) in [5, 5.41) is 4.57. The molecule has 29 heavy (non-hydrogen) atoms. The van der Waals surface area contributed by atoms with E-state index in [0.717, 1.165) is 22.1 Å². The van der Waals surface area contributed by atoms with Gasteiger partial charge in [-0.2, -0.15) is 0 Å². The van der Waals surface area contributed by atoms with Crippen molar-refractivity contribution in [1.82, 2.24) is 0 Å². The number of esters is 1. The number of hydrogen-bond donors (Lipinski definition) is 1. The predicted octanol–water partition coefficient (Wildman–Crippen LogP) is 4.66. The molecule has 150 valence electrons. The Morgan fingerprint density at radius 2 is 1.59 bits per heavy atom. The van der Waals surface area contributed by atoms with Crippen LogP contribution in [0.5, 0.6) is 5.75 Å². The number of anilines is 1. The van der Waals surface area contributed by atoms with E-state index in [1.165, 1.54) is 31.2 Å². The standard InChI is InChI=1S/C23H22FNO4/c1-14(16-4-5-18-13-21(28-3)11-6-17(18)12-16)23(27)29-15(2)22(26)25-20-9-7-19(24)8-10-20/h4-15H,1-3H3,(H,25,26)/t14-,15+/m0/s1. The van der Waals surface area contributed by atoms with Gasteiger partial charge in [0.2, 0.25) is 0 Å². The van der Waals surface area contributed by atoms with E-state index in [4.69, 9.17) is 9.47 Å². The molecule has 3 aromatic carbocycles. The first kappa shape index (κ1) is 20.3. The molecule has 0 saturated heterocycles. The van der Waals surface area contributed by atoms with Crippen LogP contribution in [-0.4, -0.2) is 25.1 Å². The Kier molecular flexibility index (Phi) is 6.12. The van der Waals surface area contributed by atoms with E-state index in [0.29, 0.717) is 5.69 Å². The molecule has 0 radical (unpaired) electrons. The lowest BCUT2D eigenvalue weighted by molar-refractivity contribution is -0.154. The molecule has 0 aliphatic carbocycles.